The van der Waals surface area contributed by atoms with Gasteiger partial charge in [0.05, 0.1) is 0 Å². The van der Waals surface area contributed by atoms with E-state index in [1.807, 2.05) is 35.6 Å². The molecule has 0 fully saturated rings. The minimum atomic E-state index is -0.839. The molecule has 8 heteroatoms. The maximum absolute atomic E-state index is 13.5. The lowest BCUT2D eigenvalue weighted by Gasteiger charge is -2.07. The molecule has 0 spiro atoms. The molecule has 0 saturated carbocycles. The molecule has 0 atom stereocenters. The first-order chi connectivity index (χ1) is 12.9. The van der Waals surface area contributed by atoms with Gasteiger partial charge in [0.1, 0.15) is 5.82 Å². The number of urea groups is 1. The van der Waals surface area contributed by atoms with Crippen LogP contribution in [0.4, 0.5) is 9.18 Å². The van der Waals surface area contributed by atoms with Crippen molar-refractivity contribution < 1.29 is 23.5 Å². The number of hydrogen-bond donors (Lipinski definition) is 2. The minimum absolute atomic E-state index is 0.186. The van der Waals surface area contributed by atoms with Crippen LogP contribution < -0.4 is 10.6 Å². The lowest BCUT2D eigenvalue weighted by Crippen LogP contribution is -2.41. The van der Waals surface area contributed by atoms with Gasteiger partial charge in [0.15, 0.2) is 6.61 Å². The van der Waals surface area contributed by atoms with Crippen molar-refractivity contribution in [2.24, 2.45) is 0 Å². The molecule has 140 valence electrons. The fraction of sp³-hybridized carbons (Fsp3) is 0.105. The van der Waals surface area contributed by atoms with Crippen LogP contribution in [0.25, 0.3) is 6.08 Å². The second-order valence-corrected chi connectivity index (χ2v) is 6.24. The van der Waals surface area contributed by atoms with Crippen LogP contribution in [0.2, 0.25) is 0 Å². The first-order valence-corrected chi connectivity index (χ1v) is 8.65. The first-order valence-electron chi connectivity index (χ1n) is 7.85. The molecule has 0 aliphatic carbocycles. The quantitative estimate of drug-likeness (QED) is 0.540. The number of carbonyl (C=O) groups is 3. The summed E-state index contributed by atoms with van der Waals surface area (Å²) in [5.74, 6) is -2.12. The van der Waals surface area contributed by atoms with Crippen LogP contribution in [0.3, 0.4) is 0 Å². The smallest absolute Gasteiger partial charge is 0.331 e. The molecule has 2 N–H and O–H groups in total. The van der Waals surface area contributed by atoms with Gasteiger partial charge in [-0.25, -0.2) is 14.0 Å². The normalized spacial score (nSPS) is 10.4. The first kappa shape index (κ1) is 20.3. The minimum Gasteiger partial charge on any atom is -0.452 e. The van der Waals surface area contributed by atoms with Crippen LogP contribution in [0, 0.1) is 5.82 Å². The Bertz CT molecular complexity index is 856. The molecule has 2 aromatic rings. The monoisotopic (exact) mass is 434 g/mol. The zero-order chi connectivity index (χ0) is 19.6. The van der Waals surface area contributed by atoms with Gasteiger partial charge >= 0.3 is 12.0 Å². The summed E-state index contributed by atoms with van der Waals surface area (Å²) in [7, 11) is 0. The zero-order valence-corrected chi connectivity index (χ0v) is 15.7. The molecule has 6 nitrogen and oxygen atoms in total. The summed E-state index contributed by atoms with van der Waals surface area (Å²) in [6, 6.07) is 12.7. The molecule has 2 aromatic carbocycles. The Labute approximate surface area is 163 Å². The lowest BCUT2D eigenvalue weighted by atomic mass is 10.2. The molecule has 27 heavy (non-hydrogen) atoms. The van der Waals surface area contributed by atoms with Gasteiger partial charge in [-0.05, 0) is 29.8 Å². The van der Waals surface area contributed by atoms with Crippen LogP contribution in [0.5, 0.6) is 0 Å². The Morgan fingerprint density at radius 1 is 1.11 bits per heavy atom. The van der Waals surface area contributed by atoms with Crippen LogP contribution in [0.1, 0.15) is 11.1 Å². The highest BCUT2D eigenvalue weighted by Crippen LogP contribution is 2.16. The van der Waals surface area contributed by atoms with E-state index >= 15 is 0 Å². The third-order valence-corrected chi connectivity index (χ3v) is 3.74. The summed E-state index contributed by atoms with van der Waals surface area (Å²) >= 11 is 3.20. The standard InChI is InChI=1S/C19H16BrFN2O4/c20-15-7-8-16(21)14(10-15)6-9-18(25)27-12-17(24)23-19(26)22-11-13-4-2-1-3-5-13/h1-10H,11-12H2,(H2,22,23,24,26)/b9-6+. The fourth-order valence-corrected chi connectivity index (χ4v) is 2.35. The number of carbonyl (C=O) groups excluding carboxylic acids is 3. The number of nitrogens with one attached hydrogen (secondary N) is 2. The summed E-state index contributed by atoms with van der Waals surface area (Å²) in [6.45, 7) is -0.385. The van der Waals surface area contributed by atoms with Crippen LogP contribution in [-0.2, 0) is 20.9 Å². The van der Waals surface area contributed by atoms with Crippen molar-refractivity contribution in [2.75, 3.05) is 6.61 Å². The second kappa shape index (κ2) is 10.2. The molecule has 0 aliphatic rings. The summed E-state index contributed by atoms with van der Waals surface area (Å²) in [5, 5.41) is 4.54. The molecule has 0 unspecified atom stereocenters. The predicted molar refractivity (Wildman–Crippen MR) is 101 cm³/mol. The Morgan fingerprint density at radius 2 is 1.85 bits per heavy atom. The van der Waals surface area contributed by atoms with E-state index in [9.17, 15) is 18.8 Å². The molecule has 0 radical (unpaired) electrons. The highest BCUT2D eigenvalue weighted by molar-refractivity contribution is 9.10. The van der Waals surface area contributed by atoms with Crippen molar-refractivity contribution in [2.45, 2.75) is 6.54 Å². The molecule has 0 aromatic heterocycles. The average molecular weight is 435 g/mol. The predicted octanol–water partition coefficient (Wildman–Crippen LogP) is 3.17. The fourth-order valence-electron chi connectivity index (χ4n) is 1.97. The third-order valence-electron chi connectivity index (χ3n) is 3.25. The maximum Gasteiger partial charge on any atom is 0.331 e. The maximum atomic E-state index is 13.5. The van der Waals surface area contributed by atoms with Gasteiger partial charge in [-0.1, -0.05) is 46.3 Å². The highest BCUT2D eigenvalue weighted by Gasteiger charge is 2.09. The number of amides is 3. The molecule has 0 aliphatic heterocycles. The van der Waals surface area contributed by atoms with Gasteiger partial charge < -0.3 is 10.1 Å². The van der Waals surface area contributed by atoms with Crippen LogP contribution >= 0.6 is 15.9 Å². The molecule has 3 amide bonds. The molecule has 0 saturated heterocycles. The van der Waals surface area contributed by atoms with Crippen molar-refractivity contribution in [3.63, 3.8) is 0 Å². The van der Waals surface area contributed by atoms with Gasteiger partial charge in [-0.2, -0.15) is 0 Å². The number of esters is 1. The van der Waals surface area contributed by atoms with Crippen LogP contribution in [-0.4, -0.2) is 24.5 Å². The van der Waals surface area contributed by atoms with E-state index in [0.29, 0.717) is 4.47 Å². The Hall–Kier alpha value is -3.00. The van der Waals surface area contributed by atoms with Gasteiger partial charge in [0.2, 0.25) is 0 Å². The third kappa shape index (κ3) is 7.41. The number of imide groups is 1. The summed E-state index contributed by atoms with van der Waals surface area (Å²) in [6.07, 6.45) is 2.22. The van der Waals surface area contributed by atoms with E-state index < -0.39 is 30.3 Å². The van der Waals surface area contributed by atoms with Gasteiger partial charge in [0.25, 0.3) is 5.91 Å². The Kier molecular flexibility index (Phi) is 7.69. The van der Waals surface area contributed by atoms with Crippen molar-refractivity contribution in [3.8, 4) is 0 Å². The van der Waals surface area contributed by atoms with Crippen molar-refractivity contribution >= 4 is 39.9 Å². The largest absolute Gasteiger partial charge is 0.452 e. The van der Waals surface area contributed by atoms with Crippen molar-refractivity contribution in [1.82, 2.24) is 10.6 Å². The highest BCUT2D eigenvalue weighted by atomic mass is 79.9. The topological polar surface area (TPSA) is 84.5 Å². The number of rotatable bonds is 6. The zero-order valence-electron chi connectivity index (χ0n) is 14.1. The van der Waals surface area contributed by atoms with E-state index in [-0.39, 0.29) is 12.1 Å². The SMILES string of the molecule is O=C(COC(=O)/C=C/c1cc(Br)ccc1F)NC(=O)NCc1ccccc1. The summed E-state index contributed by atoms with van der Waals surface area (Å²) in [4.78, 5) is 34.8. The van der Waals surface area contributed by atoms with Crippen molar-refractivity contribution in [1.29, 1.82) is 0 Å². The molecule has 2 rings (SSSR count). The lowest BCUT2D eigenvalue weighted by molar-refractivity contribution is -0.143. The molecule has 0 bridgehead atoms. The van der Waals surface area contributed by atoms with Gasteiger partial charge in [-0.15, -0.1) is 0 Å². The van der Waals surface area contributed by atoms with E-state index in [0.717, 1.165) is 11.6 Å². The molecule has 0 heterocycles. The molecular weight excluding hydrogens is 419 g/mol. The summed E-state index contributed by atoms with van der Waals surface area (Å²) in [5.41, 5.74) is 1.06. The number of benzene rings is 2. The van der Waals surface area contributed by atoms with E-state index in [1.54, 1.807) is 0 Å². The average Bonchev–Trinajstić information content (AvgIpc) is 2.66. The molecular formula is C19H16BrFN2O4. The number of hydrogen-bond acceptors (Lipinski definition) is 4. The second-order valence-electron chi connectivity index (χ2n) is 5.32. The number of ether oxygens (including phenoxy) is 1. The van der Waals surface area contributed by atoms with E-state index in [2.05, 4.69) is 21.2 Å². The Morgan fingerprint density at radius 3 is 2.59 bits per heavy atom. The van der Waals surface area contributed by atoms with E-state index in [4.69, 9.17) is 4.74 Å². The van der Waals surface area contributed by atoms with Crippen LogP contribution in [0.15, 0.2) is 59.1 Å². The van der Waals surface area contributed by atoms with Crippen molar-refractivity contribution in [3.05, 3.63) is 76.0 Å². The van der Waals surface area contributed by atoms with E-state index in [1.165, 1.54) is 24.3 Å². The number of halogens is 2. The summed E-state index contributed by atoms with van der Waals surface area (Å²) < 4.78 is 18.9. The Balaban J connectivity index is 1.72. The van der Waals surface area contributed by atoms with Gasteiger partial charge in [0, 0.05) is 22.7 Å². The van der Waals surface area contributed by atoms with Gasteiger partial charge in [-0.3, -0.25) is 10.1 Å².